The molecule has 1 saturated carbocycles. The Balaban J connectivity index is 1.76. The van der Waals surface area contributed by atoms with Gasteiger partial charge in [-0.15, -0.1) is 0 Å². The van der Waals surface area contributed by atoms with E-state index in [4.69, 9.17) is 0 Å². The predicted molar refractivity (Wildman–Crippen MR) is 84.7 cm³/mol. The molecule has 0 aromatic heterocycles. The Hall–Kier alpha value is -0.860. The van der Waals surface area contributed by atoms with Crippen LogP contribution in [-0.2, 0) is 6.42 Å². The summed E-state index contributed by atoms with van der Waals surface area (Å²) in [4.78, 5) is 0. The molecule has 2 heteroatoms. The third-order valence-electron chi connectivity index (χ3n) is 4.16. The molecule has 0 aliphatic heterocycles. The number of nitrogens with one attached hydrogen (secondary N) is 1. The quantitative estimate of drug-likeness (QED) is 0.758. The average molecular weight is 275 g/mol. The zero-order valence-electron chi connectivity index (χ0n) is 13.1. The van der Waals surface area contributed by atoms with Gasteiger partial charge in [0.2, 0.25) is 0 Å². The molecule has 1 aliphatic carbocycles. The molecule has 1 aromatic carbocycles. The summed E-state index contributed by atoms with van der Waals surface area (Å²) in [5.74, 6) is 1.53. The lowest BCUT2D eigenvalue weighted by Gasteiger charge is -2.13. The van der Waals surface area contributed by atoms with Crippen LogP contribution in [0.2, 0.25) is 0 Å². The summed E-state index contributed by atoms with van der Waals surface area (Å²) >= 11 is 0. The first-order valence-electron chi connectivity index (χ1n) is 8.10. The van der Waals surface area contributed by atoms with Crippen molar-refractivity contribution < 1.29 is 5.11 Å². The van der Waals surface area contributed by atoms with Crippen molar-refractivity contribution >= 4 is 0 Å². The maximum atomic E-state index is 10.2. The minimum Gasteiger partial charge on any atom is -0.387 e. The van der Waals surface area contributed by atoms with Gasteiger partial charge in [-0.3, -0.25) is 0 Å². The van der Waals surface area contributed by atoms with Crippen molar-refractivity contribution in [1.82, 2.24) is 5.32 Å². The first-order valence-corrected chi connectivity index (χ1v) is 8.10. The highest BCUT2D eigenvalue weighted by atomic mass is 16.3. The minimum absolute atomic E-state index is 0.383. The Kier molecular flexibility index (Phi) is 5.62. The normalized spacial score (nSPS) is 23.1. The van der Waals surface area contributed by atoms with Crippen molar-refractivity contribution in [1.29, 1.82) is 0 Å². The van der Waals surface area contributed by atoms with Gasteiger partial charge in [0.15, 0.2) is 0 Å². The highest BCUT2D eigenvalue weighted by molar-refractivity contribution is 5.24. The van der Waals surface area contributed by atoms with E-state index >= 15 is 0 Å². The Morgan fingerprint density at radius 3 is 2.55 bits per heavy atom. The lowest BCUT2D eigenvalue weighted by molar-refractivity contribution is 0.173. The van der Waals surface area contributed by atoms with Crippen LogP contribution in [-0.4, -0.2) is 17.7 Å². The second kappa shape index (κ2) is 7.24. The van der Waals surface area contributed by atoms with Gasteiger partial charge in [-0.25, -0.2) is 0 Å². The monoisotopic (exact) mass is 275 g/mol. The van der Waals surface area contributed by atoms with Crippen LogP contribution in [0.5, 0.6) is 0 Å². The highest BCUT2D eigenvalue weighted by Crippen LogP contribution is 2.34. The largest absolute Gasteiger partial charge is 0.387 e. The first-order chi connectivity index (χ1) is 9.60. The second-order valence-corrected chi connectivity index (χ2v) is 6.65. The van der Waals surface area contributed by atoms with E-state index < -0.39 is 0 Å². The molecule has 0 heterocycles. The van der Waals surface area contributed by atoms with Gasteiger partial charge in [0.1, 0.15) is 0 Å². The molecule has 1 aromatic rings. The maximum absolute atomic E-state index is 10.2. The van der Waals surface area contributed by atoms with Gasteiger partial charge in [0.25, 0.3) is 0 Å². The summed E-state index contributed by atoms with van der Waals surface area (Å²) in [6, 6.07) is 9.08. The summed E-state index contributed by atoms with van der Waals surface area (Å²) in [5, 5.41) is 13.7. The number of aliphatic hydroxyl groups is 1. The lowest BCUT2D eigenvalue weighted by Crippen LogP contribution is -2.24. The standard InChI is InChI=1S/C18H29NO/c1-4-5-16-11-17(16)19-12-18(20)15-8-6-14(7-9-15)10-13(2)3/h6-9,13,16-20H,4-5,10-12H2,1-3H3. The van der Waals surface area contributed by atoms with Gasteiger partial charge in [-0.05, 0) is 42.2 Å². The van der Waals surface area contributed by atoms with Crippen molar-refractivity contribution in [2.45, 2.75) is 58.6 Å². The predicted octanol–water partition coefficient (Wildman–Crippen LogP) is 3.70. The van der Waals surface area contributed by atoms with Crippen LogP contribution in [0.4, 0.5) is 0 Å². The molecule has 2 nitrogen and oxygen atoms in total. The molecule has 0 amide bonds. The second-order valence-electron chi connectivity index (χ2n) is 6.65. The topological polar surface area (TPSA) is 32.3 Å². The Bertz CT molecular complexity index is 398. The minimum atomic E-state index is -0.383. The molecule has 112 valence electrons. The number of hydrogen-bond acceptors (Lipinski definition) is 2. The smallest absolute Gasteiger partial charge is 0.0914 e. The van der Waals surface area contributed by atoms with Crippen LogP contribution >= 0.6 is 0 Å². The van der Waals surface area contributed by atoms with Crippen molar-refractivity contribution in [3.05, 3.63) is 35.4 Å². The fourth-order valence-electron chi connectivity index (χ4n) is 2.92. The molecule has 3 atom stereocenters. The van der Waals surface area contributed by atoms with Crippen LogP contribution in [0, 0.1) is 11.8 Å². The summed E-state index contributed by atoms with van der Waals surface area (Å²) in [6.07, 6.45) is 4.59. The van der Waals surface area contributed by atoms with Crippen molar-refractivity contribution in [3.63, 3.8) is 0 Å². The molecule has 1 aliphatic rings. The molecular weight excluding hydrogens is 246 g/mol. The van der Waals surface area contributed by atoms with Crippen LogP contribution < -0.4 is 5.32 Å². The van der Waals surface area contributed by atoms with Crippen molar-refractivity contribution in [3.8, 4) is 0 Å². The van der Waals surface area contributed by atoms with E-state index in [-0.39, 0.29) is 6.10 Å². The van der Waals surface area contributed by atoms with E-state index in [2.05, 4.69) is 50.4 Å². The third kappa shape index (κ3) is 4.60. The molecule has 0 radical (unpaired) electrons. The number of benzene rings is 1. The fraction of sp³-hybridized carbons (Fsp3) is 0.667. The molecule has 1 fully saturated rings. The SMILES string of the molecule is CCCC1CC1NCC(O)c1ccc(CC(C)C)cc1. The Morgan fingerprint density at radius 2 is 1.95 bits per heavy atom. The summed E-state index contributed by atoms with van der Waals surface area (Å²) in [7, 11) is 0. The fourth-order valence-corrected chi connectivity index (χ4v) is 2.92. The zero-order chi connectivity index (χ0) is 14.5. The van der Waals surface area contributed by atoms with Crippen molar-refractivity contribution in [2.75, 3.05) is 6.54 Å². The van der Waals surface area contributed by atoms with E-state index in [0.29, 0.717) is 18.5 Å². The third-order valence-corrected chi connectivity index (χ3v) is 4.16. The van der Waals surface area contributed by atoms with E-state index in [1.165, 1.54) is 24.8 Å². The molecular formula is C18H29NO. The Labute approximate surface area is 123 Å². The van der Waals surface area contributed by atoms with E-state index in [1.807, 2.05) is 0 Å². The number of rotatable bonds is 8. The van der Waals surface area contributed by atoms with E-state index in [9.17, 15) is 5.11 Å². The van der Waals surface area contributed by atoms with Crippen LogP contribution in [0.3, 0.4) is 0 Å². The number of aliphatic hydroxyl groups excluding tert-OH is 1. The van der Waals surface area contributed by atoms with Crippen LogP contribution in [0.25, 0.3) is 0 Å². The number of hydrogen-bond donors (Lipinski definition) is 2. The highest BCUT2D eigenvalue weighted by Gasteiger charge is 2.35. The first kappa shape index (κ1) is 15.5. The summed E-state index contributed by atoms with van der Waals surface area (Å²) in [6.45, 7) is 7.38. The molecule has 2 rings (SSSR count). The Morgan fingerprint density at radius 1 is 1.25 bits per heavy atom. The van der Waals surface area contributed by atoms with Gasteiger partial charge in [0.05, 0.1) is 6.10 Å². The molecule has 2 N–H and O–H groups in total. The van der Waals surface area contributed by atoms with Gasteiger partial charge in [-0.1, -0.05) is 51.5 Å². The molecule has 0 saturated heterocycles. The molecule has 0 bridgehead atoms. The summed E-state index contributed by atoms with van der Waals surface area (Å²) < 4.78 is 0. The zero-order valence-corrected chi connectivity index (χ0v) is 13.1. The van der Waals surface area contributed by atoms with E-state index in [1.54, 1.807) is 0 Å². The van der Waals surface area contributed by atoms with Gasteiger partial charge < -0.3 is 10.4 Å². The average Bonchev–Trinajstić information content (AvgIpc) is 3.15. The van der Waals surface area contributed by atoms with Gasteiger partial charge >= 0.3 is 0 Å². The van der Waals surface area contributed by atoms with Crippen LogP contribution in [0.15, 0.2) is 24.3 Å². The maximum Gasteiger partial charge on any atom is 0.0914 e. The van der Waals surface area contributed by atoms with E-state index in [0.717, 1.165) is 17.9 Å². The van der Waals surface area contributed by atoms with Gasteiger partial charge in [-0.2, -0.15) is 0 Å². The molecule has 20 heavy (non-hydrogen) atoms. The molecule has 3 unspecified atom stereocenters. The molecule has 0 spiro atoms. The van der Waals surface area contributed by atoms with Gasteiger partial charge in [0, 0.05) is 12.6 Å². The van der Waals surface area contributed by atoms with Crippen molar-refractivity contribution in [2.24, 2.45) is 11.8 Å². The summed E-state index contributed by atoms with van der Waals surface area (Å²) in [5.41, 5.74) is 2.38. The van der Waals surface area contributed by atoms with Crippen LogP contribution in [0.1, 0.15) is 57.3 Å². The lowest BCUT2D eigenvalue weighted by atomic mass is 10.0.